The van der Waals surface area contributed by atoms with Crippen LogP contribution in [0.3, 0.4) is 0 Å². The molecule has 4 N–H and O–H groups in total. The summed E-state index contributed by atoms with van der Waals surface area (Å²) in [4.78, 5) is 16.7. The molecular formula is C13H19N7O. The molecule has 0 bridgehead atoms. The van der Waals surface area contributed by atoms with Crippen LogP contribution in [0.5, 0.6) is 6.01 Å². The molecule has 0 amide bonds. The molecule has 21 heavy (non-hydrogen) atoms. The third kappa shape index (κ3) is 4.53. The van der Waals surface area contributed by atoms with Crippen LogP contribution in [0.1, 0.15) is 24.7 Å². The number of nitrogen functional groups attached to an aromatic ring is 1. The average Bonchev–Trinajstić information content (AvgIpc) is 2.51. The highest BCUT2D eigenvalue weighted by atomic mass is 16.5. The summed E-state index contributed by atoms with van der Waals surface area (Å²) < 4.78 is 5.40. The maximum atomic E-state index is 5.40. The molecule has 112 valence electrons. The third-order valence-corrected chi connectivity index (χ3v) is 2.55. The predicted molar refractivity (Wildman–Crippen MR) is 79.7 cm³/mol. The van der Waals surface area contributed by atoms with Gasteiger partial charge in [0.1, 0.15) is 0 Å². The maximum absolute atomic E-state index is 5.40. The summed E-state index contributed by atoms with van der Waals surface area (Å²) in [7, 11) is 0. The number of hydrogen-bond acceptors (Lipinski definition) is 8. The summed E-state index contributed by atoms with van der Waals surface area (Å²) in [5.74, 6) is 5.97. The van der Waals surface area contributed by atoms with Gasteiger partial charge >= 0.3 is 6.01 Å². The first-order valence-corrected chi connectivity index (χ1v) is 6.73. The second-order valence-electron chi connectivity index (χ2n) is 4.38. The van der Waals surface area contributed by atoms with Gasteiger partial charge in [0.15, 0.2) is 0 Å². The lowest BCUT2D eigenvalue weighted by atomic mass is 10.3. The number of nitrogens with two attached hydrogens (primary N) is 1. The lowest BCUT2D eigenvalue weighted by Crippen LogP contribution is -2.15. The quantitative estimate of drug-likeness (QED) is 0.516. The Bertz CT molecular complexity index is 590. The number of anilines is 2. The number of rotatable bonds is 7. The van der Waals surface area contributed by atoms with E-state index in [0.717, 1.165) is 17.8 Å². The molecule has 8 nitrogen and oxygen atoms in total. The maximum Gasteiger partial charge on any atom is 0.323 e. The van der Waals surface area contributed by atoms with E-state index in [-0.39, 0.29) is 12.0 Å². The monoisotopic (exact) mass is 289 g/mol. The SMILES string of the molecule is CCCOc1nc(NN)nc(NCc2cccc(C)n2)n1. The van der Waals surface area contributed by atoms with Crippen molar-refractivity contribution in [1.82, 2.24) is 19.9 Å². The summed E-state index contributed by atoms with van der Waals surface area (Å²) in [6.45, 7) is 4.99. The van der Waals surface area contributed by atoms with Crippen LogP contribution < -0.4 is 21.3 Å². The van der Waals surface area contributed by atoms with Gasteiger partial charge in [0.25, 0.3) is 0 Å². The van der Waals surface area contributed by atoms with Crippen molar-refractivity contribution < 1.29 is 4.74 Å². The fourth-order valence-corrected chi connectivity index (χ4v) is 1.63. The van der Waals surface area contributed by atoms with Crippen LogP contribution in [0.2, 0.25) is 0 Å². The second-order valence-corrected chi connectivity index (χ2v) is 4.38. The van der Waals surface area contributed by atoms with Gasteiger partial charge in [0.2, 0.25) is 11.9 Å². The molecular weight excluding hydrogens is 270 g/mol. The van der Waals surface area contributed by atoms with Crippen molar-refractivity contribution in [2.24, 2.45) is 5.84 Å². The van der Waals surface area contributed by atoms with E-state index in [4.69, 9.17) is 10.6 Å². The van der Waals surface area contributed by atoms with Gasteiger partial charge in [-0.25, -0.2) is 5.84 Å². The minimum Gasteiger partial charge on any atom is -0.463 e. The molecule has 2 rings (SSSR count). The molecule has 0 fully saturated rings. The largest absolute Gasteiger partial charge is 0.463 e. The van der Waals surface area contributed by atoms with E-state index in [1.54, 1.807) is 0 Å². The van der Waals surface area contributed by atoms with Gasteiger partial charge in [-0.05, 0) is 25.5 Å². The molecule has 0 unspecified atom stereocenters. The van der Waals surface area contributed by atoms with Crippen LogP contribution in [0.4, 0.5) is 11.9 Å². The average molecular weight is 289 g/mol. The van der Waals surface area contributed by atoms with Crippen molar-refractivity contribution in [2.45, 2.75) is 26.8 Å². The summed E-state index contributed by atoms with van der Waals surface area (Å²) in [6, 6.07) is 6.06. The van der Waals surface area contributed by atoms with Crippen molar-refractivity contribution >= 4 is 11.9 Å². The summed E-state index contributed by atoms with van der Waals surface area (Å²) in [6.07, 6.45) is 0.868. The molecule has 2 heterocycles. The summed E-state index contributed by atoms with van der Waals surface area (Å²) in [5, 5.41) is 3.08. The fraction of sp³-hybridized carbons (Fsp3) is 0.385. The van der Waals surface area contributed by atoms with E-state index in [1.807, 2.05) is 32.0 Å². The highest BCUT2D eigenvalue weighted by Crippen LogP contribution is 2.11. The van der Waals surface area contributed by atoms with Crippen LogP contribution in [0.25, 0.3) is 0 Å². The van der Waals surface area contributed by atoms with Crippen LogP contribution in [-0.2, 0) is 6.54 Å². The Morgan fingerprint density at radius 2 is 1.95 bits per heavy atom. The highest BCUT2D eigenvalue weighted by molar-refractivity contribution is 5.35. The lowest BCUT2D eigenvalue weighted by molar-refractivity contribution is 0.292. The van der Waals surface area contributed by atoms with E-state index >= 15 is 0 Å². The molecule has 0 aromatic carbocycles. The van der Waals surface area contributed by atoms with E-state index in [0.29, 0.717) is 19.1 Å². The van der Waals surface area contributed by atoms with Crippen molar-refractivity contribution in [3.05, 3.63) is 29.6 Å². The number of nitrogens with zero attached hydrogens (tertiary/aromatic N) is 4. The number of aryl methyl sites for hydroxylation is 1. The Morgan fingerprint density at radius 1 is 1.14 bits per heavy atom. The fourth-order valence-electron chi connectivity index (χ4n) is 1.63. The Labute approximate surface area is 123 Å². The van der Waals surface area contributed by atoms with E-state index in [1.165, 1.54) is 0 Å². The minimum atomic E-state index is 0.236. The first kappa shape index (κ1) is 14.9. The van der Waals surface area contributed by atoms with Crippen molar-refractivity contribution in [2.75, 3.05) is 17.3 Å². The van der Waals surface area contributed by atoms with Crippen LogP contribution in [-0.4, -0.2) is 26.5 Å². The number of hydrogen-bond donors (Lipinski definition) is 3. The van der Waals surface area contributed by atoms with E-state index < -0.39 is 0 Å². The van der Waals surface area contributed by atoms with Gasteiger partial charge < -0.3 is 10.1 Å². The van der Waals surface area contributed by atoms with Gasteiger partial charge in [-0.15, -0.1) is 0 Å². The molecule has 2 aromatic heterocycles. The zero-order valence-electron chi connectivity index (χ0n) is 12.1. The number of pyridine rings is 1. The van der Waals surface area contributed by atoms with Gasteiger partial charge in [-0.1, -0.05) is 13.0 Å². The smallest absolute Gasteiger partial charge is 0.323 e. The van der Waals surface area contributed by atoms with Crippen LogP contribution in [0.15, 0.2) is 18.2 Å². The molecule has 0 saturated heterocycles. The van der Waals surface area contributed by atoms with Crippen LogP contribution >= 0.6 is 0 Å². The number of nitrogens with one attached hydrogen (secondary N) is 2. The van der Waals surface area contributed by atoms with E-state index in [9.17, 15) is 0 Å². The normalized spacial score (nSPS) is 10.2. The molecule has 0 aliphatic carbocycles. The molecule has 0 saturated carbocycles. The molecule has 0 radical (unpaired) electrons. The van der Waals surface area contributed by atoms with Gasteiger partial charge in [-0.2, -0.15) is 15.0 Å². The van der Waals surface area contributed by atoms with Gasteiger partial charge in [-0.3, -0.25) is 10.4 Å². The first-order chi connectivity index (χ1) is 10.2. The molecule has 0 atom stereocenters. The standard InChI is InChI=1S/C13H19N7O/c1-3-7-21-13-18-11(17-12(19-13)20-14)15-8-10-6-4-5-9(2)16-10/h4-6H,3,7-8,14H2,1-2H3,(H2,15,17,18,19,20). The number of ether oxygens (including phenoxy) is 1. The van der Waals surface area contributed by atoms with Gasteiger partial charge in [0.05, 0.1) is 18.8 Å². The molecule has 0 aliphatic rings. The Kier molecular flexibility index (Phi) is 5.22. The molecule has 0 spiro atoms. The molecule has 2 aromatic rings. The molecule has 8 heteroatoms. The van der Waals surface area contributed by atoms with E-state index in [2.05, 4.69) is 30.7 Å². The van der Waals surface area contributed by atoms with Crippen LogP contribution in [0, 0.1) is 6.92 Å². The Balaban J connectivity index is 2.07. The Hall–Kier alpha value is -2.48. The first-order valence-electron chi connectivity index (χ1n) is 6.73. The molecule has 0 aliphatic heterocycles. The Morgan fingerprint density at radius 3 is 2.67 bits per heavy atom. The summed E-state index contributed by atoms with van der Waals surface area (Å²) in [5.41, 5.74) is 4.25. The zero-order valence-corrected chi connectivity index (χ0v) is 12.1. The topological polar surface area (TPSA) is 111 Å². The third-order valence-electron chi connectivity index (χ3n) is 2.55. The highest BCUT2D eigenvalue weighted by Gasteiger charge is 2.07. The predicted octanol–water partition coefficient (Wildman–Crippen LogP) is 1.26. The van der Waals surface area contributed by atoms with Crippen molar-refractivity contribution in [1.29, 1.82) is 0 Å². The second kappa shape index (κ2) is 7.34. The number of aromatic nitrogens is 4. The van der Waals surface area contributed by atoms with Crippen molar-refractivity contribution in [3.63, 3.8) is 0 Å². The van der Waals surface area contributed by atoms with Crippen molar-refractivity contribution in [3.8, 4) is 6.01 Å². The zero-order chi connectivity index (χ0) is 15.1. The summed E-state index contributed by atoms with van der Waals surface area (Å²) >= 11 is 0. The lowest BCUT2D eigenvalue weighted by Gasteiger charge is -2.09. The minimum absolute atomic E-state index is 0.236. The van der Waals surface area contributed by atoms with Gasteiger partial charge in [0, 0.05) is 5.69 Å². The number of hydrazine groups is 1.